The van der Waals surface area contributed by atoms with Crippen LogP contribution in [0.4, 0.5) is 0 Å². The third kappa shape index (κ3) is 3.01. The molecular weight excluding hydrogens is 420 g/mol. The molecule has 7 rings (SSSR count). The maximum absolute atomic E-state index is 5.07. The number of rotatable bonds is 2. The maximum Gasteiger partial charge on any atom is 0.0973 e. The molecule has 3 heteroatoms. The van der Waals surface area contributed by atoms with E-state index in [2.05, 4.69) is 78.9 Å². The van der Waals surface area contributed by atoms with Crippen molar-refractivity contribution in [2.75, 3.05) is 0 Å². The second-order valence-corrected chi connectivity index (χ2v) is 9.37. The highest BCUT2D eigenvalue weighted by Crippen LogP contribution is 2.38. The van der Waals surface area contributed by atoms with Crippen molar-refractivity contribution in [3.05, 3.63) is 109 Å². The molecule has 0 spiro atoms. The second-order valence-electron chi connectivity index (χ2n) is 8.28. The molecule has 0 aliphatic heterocycles. The van der Waals surface area contributed by atoms with Crippen LogP contribution in [0.3, 0.4) is 0 Å². The summed E-state index contributed by atoms with van der Waals surface area (Å²) < 4.78 is 2.64. The fraction of sp³-hybridized carbons (Fsp3) is 0. The van der Waals surface area contributed by atoms with Crippen LogP contribution in [-0.2, 0) is 0 Å². The number of hydrogen-bond acceptors (Lipinski definition) is 3. The Kier molecular flexibility index (Phi) is 4.05. The lowest BCUT2D eigenvalue weighted by atomic mass is 9.99. The van der Waals surface area contributed by atoms with Gasteiger partial charge >= 0.3 is 0 Å². The van der Waals surface area contributed by atoms with Crippen LogP contribution < -0.4 is 0 Å². The van der Waals surface area contributed by atoms with Gasteiger partial charge in [-0.2, -0.15) is 0 Å². The zero-order valence-corrected chi connectivity index (χ0v) is 18.5. The standard InChI is InChI=1S/C30H18N2S/c1-2-8-19(9-3-1)29-30(32-26-12-6-5-11-25(26)31-29)21-15-14-20-17-24-23-10-4-7-13-27(23)33-28(24)18-22(20)16-21/h1-18H. The molecule has 0 bridgehead atoms. The van der Waals surface area contributed by atoms with Gasteiger partial charge in [-0.05, 0) is 47.2 Å². The molecule has 0 fully saturated rings. The smallest absolute Gasteiger partial charge is 0.0973 e. The third-order valence-electron chi connectivity index (χ3n) is 6.23. The fourth-order valence-corrected chi connectivity index (χ4v) is 5.75. The van der Waals surface area contributed by atoms with Crippen molar-refractivity contribution in [1.29, 1.82) is 0 Å². The van der Waals surface area contributed by atoms with Gasteiger partial charge in [0.15, 0.2) is 0 Å². The van der Waals surface area contributed by atoms with Crippen LogP contribution in [0.1, 0.15) is 0 Å². The SMILES string of the molecule is c1ccc(-c2nc3ccccc3nc2-c2ccc3cc4c(cc3c2)sc2ccccc24)cc1. The Bertz CT molecular complexity index is 1820. The number of nitrogens with zero attached hydrogens (tertiary/aromatic N) is 2. The molecule has 0 N–H and O–H groups in total. The topological polar surface area (TPSA) is 25.8 Å². The zero-order valence-electron chi connectivity index (χ0n) is 17.7. The van der Waals surface area contributed by atoms with Crippen molar-refractivity contribution in [2.45, 2.75) is 0 Å². The second kappa shape index (κ2) is 7.22. The number of fused-ring (bicyclic) bond motifs is 5. The highest BCUT2D eigenvalue weighted by molar-refractivity contribution is 7.25. The van der Waals surface area contributed by atoms with E-state index in [1.54, 1.807) is 0 Å². The average Bonchev–Trinajstić information content (AvgIpc) is 3.24. The normalized spacial score (nSPS) is 11.6. The number of aromatic nitrogens is 2. The van der Waals surface area contributed by atoms with Gasteiger partial charge in [0.25, 0.3) is 0 Å². The molecule has 0 amide bonds. The molecule has 0 unspecified atom stereocenters. The summed E-state index contributed by atoms with van der Waals surface area (Å²) in [4.78, 5) is 10.1. The number of para-hydroxylation sites is 2. The predicted molar refractivity (Wildman–Crippen MR) is 141 cm³/mol. The molecule has 0 atom stereocenters. The fourth-order valence-electron chi connectivity index (χ4n) is 4.61. The molecule has 0 saturated carbocycles. The average molecular weight is 439 g/mol. The van der Waals surface area contributed by atoms with E-state index in [0.717, 1.165) is 33.5 Å². The molecule has 33 heavy (non-hydrogen) atoms. The quantitative estimate of drug-likeness (QED) is 0.270. The van der Waals surface area contributed by atoms with E-state index in [0.29, 0.717) is 0 Å². The van der Waals surface area contributed by atoms with Crippen molar-refractivity contribution in [3.8, 4) is 22.5 Å². The summed E-state index contributed by atoms with van der Waals surface area (Å²) in [5.74, 6) is 0. The van der Waals surface area contributed by atoms with E-state index >= 15 is 0 Å². The van der Waals surface area contributed by atoms with Gasteiger partial charge in [-0.15, -0.1) is 11.3 Å². The molecule has 0 aliphatic rings. The van der Waals surface area contributed by atoms with Gasteiger partial charge < -0.3 is 0 Å². The van der Waals surface area contributed by atoms with Gasteiger partial charge in [0.05, 0.1) is 22.4 Å². The van der Waals surface area contributed by atoms with Gasteiger partial charge in [-0.3, -0.25) is 0 Å². The molecule has 5 aromatic carbocycles. The van der Waals surface area contributed by atoms with Crippen molar-refractivity contribution in [3.63, 3.8) is 0 Å². The zero-order chi connectivity index (χ0) is 21.8. The first kappa shape index (κ1) is 18.5. The van der Waals surface area contributed by atoms with E-state index in [9.17, 15) is 0 Å². The molecular formula is C30H18N2S. The highest BCUT2D eigenvalue weighted by Gasteiger charge is 2.14. The molecule has 2 aromatic heterocycles. The monoisotopic (exact) mass is 438 g/mol. The molecule has 154 valence electrons. The summed E-state index contributed by atoms with van der Waals surface area (Å²) in [6.07, 6.45) is 0. The highest BCUT2D eigenvalue weighted by atomic mass is 32.1. The van der Waals surface area contributed by atoms with Crippen molar-refractivity contribution in [1.82, 2.24) is 9.97 Å². The maximum atomic E-state index is 5.07. The molecule has 0 saturated heterocycles. The van der Waals surface area contributed by atoms with Gasteiger partial charge in [0.2, 0.25) is 0 Å². The lowest BCUT2D eigenvalue weighted by Crippen LogP contribution is -1.95. The molecule has 0 aliphatic carbocycles. The Labute approximate surface area is 194 Å². The van der Waals surface area contributed by atoms with Crippen molar-refractivity contribution >= 4 is 53.3 Å². The summed E-state index contributed by atoms with van der Waals surface area (Å²) in [6, 6.07) is 38.3. The van der Waals surface area contributed by atoms with E-state index in [4.69, 9.17) is 9.97 Å². The Morgan fingerprint density at radius 1 is 0.455 bits per heavy atom. The van der Waals surface area contributed by atoms with Crippen LogP contribution in [0.2, 0.25) is 0 Å². The summed E-state index contributed by atoms with van der Waals surface area (Å²) in [5.41, 5.74) is 5.81. The Hall–Kier alpha value is -4.08. The largest absolute Gasteiger partial charge is 0.244 e. The number of hydrogen-bond donors (Lipinski definition) is 0. The van der Waals surface area contributed by atoms with Crippen molar-refractivity contribution in [2.24, 2.45) is 0 Å². The lowest BCUT2D eigenvalue weighted by molar-refractivity contribution is 1.29. The molecule has 7 aromatic rings. The predicted octanol–water partition coefficient (Wildman–Crippen LogP) is 8.48. The molecule has 2 heterocycles. The summed E-state index contributed by atoms with van der Waals surface area (Å²) >= 11 is 1.85. The third-order valence-corrected chi connectivity index (χ3v) is 7.36. The summed E-state index contributed by atoms with van der Waals surface area (Å²) in [5, 5.41) is 5.12. The number of thiophene rings is 1. The molecule has 0 radical (unpaired) electrons. The minimum absolute atomic E-state index is 0.909. The van der Waals surface area contributed by atoms with E-state index in [-0.39, 0.29) is 0 Å². The summed E-state index contributed by atoms with van der Waals surface area (Å²) in [6.45, 7) is 0. The van der Waals surface area contributed by atoms with Gasteiger partial charge in [0.1, 0.15) is 0 Å². The Morgan fingerprint density at radius 3 is 1.97 bits per heavy atom. The van der Waals surface area contributed by atoms with Crippen LogP contribution >= 0.6 is 11.3 Å². The van der Waals surface area contributed by atoms with Crippen LogP contribution in [0, 0.1) is 0 Å². The first-order valence-electron chi connectivity index (χ1n) is 11.0. The lowest BCUT2D eigenvalue weighted by Gasteiger charge is -2.11. The first-order valence-corrected chi connectivity index (χ1v) is 11.8. The van der Waals surface area contributed by atoms with E-state index in [1.165, 1.54) is 30.9 Å². The van der Waals surface area contributed by atoms with E-state index in [1.807, 2.05) is 41.7 Å². The van der Waals surface area contributed by atoms with Gasteiger partial charge in [-0.1, -0.05) is 72.8 Å². The summed E-state index contributed by atoms with van der Waals surface area (Å²) in [7, 11) is 0. The van der Waals surface area contributed by atoms with Crippen LogP contribution in [0.5, 0.6) is 0 Å². The number of benzene rings is 5. The Balaban J connectivity index is 1.49. The van der Waals surface area contributed by atoms with Crippen LogP contribution in [0.15, 0.2) is 109 Å². The van der Waals surface area contributed by atoms with Crippen LogP contribution in [-0.4, -0.2) is 9.97 Å². The van der Waals surface area contributed by atoms with Gasteiger partial charge in [0, 0.05) is 31.3 Å². The minimum Gasteiger partial charge on any atom is -0.244 e. The van der Waals surface area contributed by atoms with Gasteiger partial charge in [-0.25, -0.2) is 9.97 Å². The first-order chi connectivity index (χ1) is 16.3. The minimum atomic E-state index is 0.909. The van der Waals surface area contributed by atoms with E-state index < -0.39 is 0 Å². The Morgan fingerprint density at radius 2 is 1.15 bits per heavy atom. The van der Waals surface area contributed by atoms with Crippen LogP contribution in [0.25, 0.3) is 64.5 Å². The molecule has 2 nitrogen and oxygen atoms in total. The van der Waals surface area contributed by atoms with Crippen molar-refractivity contribution < 1.29 is 0 Å².